The number of hydrogen-bond donors (Lipinski definition) is 1. The van der Waals surface area contributed by atoms with Gasteiger partial charge in [-0.1, -0.05) is 18.2 Å². The van der Waals surface area contributed by atoms with Crippen molar-refractivity contribution in [2.24, 2.45) is 0 Å². The van der Waals surface area contributed by atoms with Crippen LogP contribution < -0.4 is 5.32 Å². The van der Waals surface area contributed by atoms with E-state index < -0.39 is 0 Å². The number of anilines is 1. The molecule has 0 spiro atoms. The van der Waals surface area contributed by atoms with Crippen molar-refractivity contribution in [2.75, 3.05) is 5.32 Å². The Morgan fingerprint density at radius 3 is 2.56 bits per heavy atom. The van der Waals surface area contributed by atoms with Crippen LogP contribution >= 0.6 is 0 Å². The second kappa shape index (κ2) is 4.13. The van der Waals surface area contributed by atoms with Gasteiger partial charge in [0, 0.05) is 5.69 Å². The minimum absolute atomic E-state index is 0.179. The van der Waals surface area contributed by atoms with Crippen molar-refractivity contribution < 1.29 is 4.39 Å². The Kier molecular flexibility index (Phi) is 2.58. The van der Waals surface area contributed by atoms with E-state index in [0.29, 0.717) is 0 Å². The van der Waals surface area contributed by atoms with Crippen molar-refractivity contribution in [2.45, 2.75) is 26.3 Å². The maximum atomic E-state index is 12.9. The van der Waals surface area contributed by atoms with Crippen molar-refractivity contribution in [1.82, 2.24) is 0 Å². The minimum atomic E-state index is -0.179. The SMILES string of the molecule is Cc1cc(C)c2c(c1)NC(c1ccc(F)cc1)C2. The molecule has 1 heterocycles. The van der Waals surface area contributed by atoms with Gasteiger partial charge in [0.05, 0.1) is 6.04 Å². The molecular weight excluding hydrogens is 225 g/mol. The van der Waals surface area contributed by atoms with Crippen LogP contribution in [-0.2, 0) is 6.42 Å². The van der Waals surface area contributed by atoms with Crippen LogP contribution in [0.2, 0.25) is 0 Å². The Morgan fingerprint density at radius 2 is 1.83 bits per heavy atom. The zero-order chi connectivity index (χ0) is 12.7. The van der Waals surface area contributed by atoms with Gasteiger partial charge in [0.25, 0.3) is 0 Å². The average Bonchev–Trinajstić information content (AvgIpc) is 2.74. The monoisotopic (exact) mass is 241 g/mol. The van der Waals surface area contributed by atoms with Crippen LogP contribution in [0.3, 0.4) is 0 Å². The van der Waals surface area contributed by atoms with Gasteiger partial charge in [-0.15, -0.1) is 0 Å². The molecule has 0 bridgehead atoms. The molecule has 0 aromatic heterocycles. The zero-order valence-corrected chi connectivity index (χ0v) is 10.6. The molecule has 3 rings (SSSR count). The molecule has 0 aliphatic carbocycles. The molecule has 0 saturated carbocycles. The van der Waals surface area contributed by atoms with E-state index in [9.17, 15) is 4.39 Å². The van der Waals surface area contributed by atoms with Crippen LogP contribution in [0.25, 0.3) is 0 Å². The Labute approximate surface area is 107 Å². The third-order valence-electron chi connectivity index (χ3n) is 3.63. The predicted molar refractivity (Wildman–Crippen MR) is 72.4 cm³/mol. The predicted octanol–water partition coefficient (Wildman–Crippen LogP) is 4.15. The Bertz CT molecular complexity index is 587. The van der Waals surface area contributed by atoms with Gasteiger partial charge in [0.2, 0.25) is 0 Å². The molecular formula is C16H16FN. The Balaban J connectivity index is 1.93. The van der Waals surface area contributed by atoms with E-state index in [2.05, 4.69) is 31.3 Å². The first-order valence-corrected chi connectivity index (χ1v) is 6.25. The summed E-state index contributed by atoms with van der Waals surface area (Å²) < 4.78 is 12.9. The normalized spacial score (nSPS) is 17.4. The number of hydrogen-bond acceptors (Lipinski definition) is 1. The fourth-order valence-corrected chi connectivity index (χ4v) is 2.74. The Morgan fingerprint density at radius 1 is 1.11 bits per heavy atom. The molecule has 2 aromatic carbocycles. The molecule has 0 fully saturated rings. The van der Waals surface area contributed by atoms with Gasteiger partial charge in [0.1, 0.15) is 5.82 Å². The van der Waals surface area contributed by atoms with Crippen molar-refractivity contribution in [1.29, 1.82) is 0 Å². The van der Waals surface area contributed by atoms with Crippen LogP contribution in [0.4, 0.5) is 10.1 Å². The molecule has 0 saturated heterocycles. The number of rotatable bonds is 1. The van der Waals surface area contributed by atoms with E-state index >= 15 is 0 Å². The van der Waals surface area contributed by atoms with Gasteiger partial charge in [-0.25, -0.2) is 4.39 Å². The molecule has 1 aliphatic heterocycles. The molecule has 18 heavy (non-hydrogen) atoms. The van der Waals surface area contributed by atoms with E-state index in [1.165, 1.54) is 34.5 Å². The van der Waals surface area contributed by atoms with Crippen molar-refractivity contribution in [3.63, 3.8) is 0 Å². The summed E-state index contributed by atoms with van der Waals surface area (Å²) in [5, 5.41) is 3.53. The highest BCUT2D eigenvalue weighted by Crippen LogP contribution is 2.36. The van der Waals surface area contributed by atoms with Gasteiger partial charge < -0.3 is 5.32 Å². The number of halogens is 1. The fourth-order valence-electron chi connectivity index (χ4n) is 2.74. The molecule has 2 aromatic rings. The van der Waals surface area contributed by atoms with E-state index in [4.69, 9.17) is 0 Å². The van der Waals surface area contributed by atoms with Crippen LogP contribution in [0.15, 0.2) is 36.4 Å². The van der Waals surface area contributed by atoms with E-state index in [0.717, 1.165) is 12.0 Å². The van der Waals surface area contributed by atoms with Gasteiger partial charge >= 0.3 is 0 Å². The first kappa shape index (κ1) is 11.3. The molecule has 1 N–H and O–H groups in total. The Hall–Kier alpha value is -1.83. The van der Waals surface area contributed by atoms with Gasteiger partial charge in [-0.2, -0.15) is 0 Å². The van der Waals surface area contributed by atoms with Gasteiger partial charge in [0.15, 0.2) is 0 Å². The average molecular weight is 241 g/mol. The lowest BCUT2D eigenvalue weighted by atomic mass is 9.99. The third-order valence-corrected chi connectivity index (χ3v) is 3.63. The zero-order valence-electron chi connectivity index (χ0n) is 10.6. The van der Waals surface area contributed by atoms with Crippen LogP contribution in [0.5, 0.6) is 0 Å². The number of nitrogens with one attached hydrogen (secondary N) is 1. The molecule has 92 valence electrons. The topological polar surface area (TPSA) is 12.0 Å². The summed E-state index contributed by atoms with van der Waals surface area (Å²) in [5.41, 5.74) is 6.36. The van der Waals surface area contributed by atoms with E-state index in [1.54, 1.807) is 0 Å². The highest BCUT2D eigenvalue weighted by atomic mass is 19.1. The molecule has 1 atom stereocenters. The first-order chi connectivity index (χ1) is 8.63. The maximum absolute atomic E-state index is 12.9. The first-order valence-electron chi connectivity index (χ1n) is 6.25. The van der Waals surface area contributed by atoms with Crippen molar-refractivity contribution in [3.05, 3.63) is 64.5 Å². The van der Waals surface area contributed by atoms with Crippen LogP contribution in [0, 0.1) is 19.7 Å². The second-order valence-corrected chi connectivity index (χ2v) is 5.06. The standard InChI is InChI=1S/C16H16FN/c1-10-7-11(2)14-9-15(18-16(14)8-10)12-3-5-13(17)6-4-12/h3-8,15,18H,9H2,1-2H3. The summed E-state index contributed by atoms with van der Waals surface area (Å²) in [4.78, 5) is 0. The lowest BCUT2D eigenvalue weighted by Crippen LogP contribution is -2.05. The van der Waals surface area contributed by atoms with Crippen molar-refractivity contribution >= 4 is 5.69 Å². The quantitative estimate of drug-likeness (QED) is 0.790. The lowest BCUT2D eigenvalue weighted by Gasteiger charge is -2.11. The number of benzene rings is 2. The van der Waals surface area contributed by atoms with E-state index in [-0.39, 0.29) is 11.9 Å². The molecule has 1 unspecified atom stereocenters. The molecule has 1 nitrogen and oxygen atoms in total. The second-order valence-electron chi connectivity index (χ2n) is 5.06. The summed E-state index contributed by atoms with van der Waals surface area (Å²) in [6.45, 7) is 4.26. The van der Waals surface area contributed by atoms with Crippen LogP contribution in [-0.4, -0.2) is 0 Å². The molecule has 1 aliphatic rings. The summed E-state index contributed by atoms with van der Waals surface area (Å²) in [7, 11) is 0. The van der Waals surface area contributed by atoms with Gasteiger partial charge in [-0.05, 0) is 60.7 Å². The highest BCUT2D eigenvalue weighted by Gasteiger charge is 2.23. The number of aryl methyl sites for hydroxylation is 2. The summed E-state index contributed by atoms with van der Waals surface area (Å²) in [6.07, 6.45) is 0.979. The largest absolute Gasteiger partial charge is 0.378 e. The lowest BCUT2D eigenvalue weighted by molar-refractivity contribution is 0.626. The summed E-state index contributed by atoms with van der Waals surface area (Å²) in [5.74, 6) is -0.179. The van der Waals surface area contributed by atoms with Crippen LogP contribution in [0.1, 0.15) is 28.3 Å². The fraction of sp³-hybridized carbons (Fsp3) is 0.250. The summed E-state index contributed by atoms with van der Waals surface area (Å²) >= 11 is 0. The summed E-state index contributed by atoms with van der Waals surface area (Å²) in [6, 6.07) is 11.4. The molecule has 0 radical (unpaired) electrons. The highest BCUT2D eigenvalue weighted by molar-refractivity contribution is 5.62. The van der Waals surface area contributed by atoms with Gasteiger partial charge in [-0.3, -0.25) is 0 Å². The third kappa shape index (κ3) is 1.88. The number of fused-ring (bicyclic) bond motifs is 1. The minimum Gasteiger partial charge on any atom is -0.378 e. The molecule has 2 heteroatoms. The maximum Gasteiger partial charge on any atom is 0.123 e. The molecule has 0 amide bonds. The smallest absolute Gasteiger partial charge is 0.123 e. The van der Waals surface area contributed by atoms with E-state index in [1.807, 2.05) is 12.1 Å². The van der Waals surface area contributed by atoms with Crippen molar-refractivity contribution in [3.8, 4) is 0 Å².